The maximum atomic E-state index is 10.6. The van der Waals surface area contributed by atoms with E-state index >= 15 is 0 Å². The molecule has 0 amide bonds. The number of nitrogens with zero attached hydrogens (tertiary/aromatic N) is 1. The number of aromatic amines is 1. The molecule has 0 aliphatic carbocycles. The molecule has 1 rings (SSSR count). The molecular formula is C9H13N3O. The third kappa shape index (κ3) is 3.55. The lowest BCUT2D eigenvalue weighted by atomic mass is 10.4. The van der Waals surface area contributed by atoms with Crippen molar-refractivity contribution >= 4 is 5.82 Å². The van der Waals surface area contributed by atoms with E-state index in [0.717, 1.165) is 13.0 Å². The maximum Gasteiger partial charge on any atom is 0.264 e. The van der Waals surface area contributed by atoms with Crippen molar-refractivity contribution in [1.29, 1.82) is 0 Å². The summed E-state index contributed by atoms with van der Waals surface area (Å²) in [6.45, 7) is 2.81. The van der Waals surface area contributed by atoms with E-state index in [-0.39, 0.29) is 5.56 Å². The summed E-state index contributed by atoms with van der Waals surface area (Å²) in [6, 6.07) is 3.11. The largest absolute Gasteiger partial charge is 0.368 e. The van der Waals surface area contributed by atoms with Crippen LogP contribution in [0.5, 0.6) is 0 Å². The van der Waals surface area contributed by atoms with Gasteiger partial charge in [-0.25, -0.2) is 5.10 Å². The standard InChI is InChI=1S/C9H13N3O/c1-2-3-4-7-10-8-5-6-9(13)12-11-8/h2-3,5-6H,4,7H2,1H3,(H,10,11)(H,12,13)/b3-2+. The van der Waals surface area contributed by atoms with Crippen LogP contribution in [-0.2, 0) is 0 Å². The van der Waals surface area contributed by atoms with Crippen LogP contribution in [0.25, 0.3) is 0 Å². The molecular weight excluding hydrogens is 166 g/mol. The van der Waals surface area contributed by atoms with Crippen LogP contribution >= 0.6 is 0 Å². The molecule has 0 saturated heterocycles. The van der Waals surface area contributed by atoms with E-state index < -0.39 is 0 Å². The third-order valence-corrected chi connectivity index (χ3v) is 1.53. The van der Waals surface area contributed by atoms with Crippen molar-refractivity contribution in [2.24, 2.45) is 0 Å². The predicted octanol–water partition coefficient (Wildman–Crippen LogP) is 1.15. The highest BCUT2D eigenvalue weighted by Crippen LogP contribution is 1.95. The fraction of sp³-hybridized carbons (Fsp3) is 0.333. The smallest absolute Gasteiger partial charge is 0.264 e. The molecule has 13 heavy (non-hydrogen) atoms. The van der Waals surface area contributed by atoms with E-state index in [1.54, 1.807) is 6.07 Å². The minimum absolute atomic E-state index is 0.181. The summed E-state index contributed by atoms with van der Waals surface area (Å²) in [5.74, 6) is 0.698. The molecule has 4 nitrogen and oxygen atoms in total. The first-order chi connectivity index (χ1) is 6.33. The Morgan fingerprint density at radius 1 is 1.62 bits per heavy atom. The van der Waals surface area contributed by atoms with Gasteiger partial charge in [-0.15, -0.1) is 0 Å². The fourth-order valence-corrected chi connectivity index (χ4v) is 0.893. The van der Waals surface area contributed by atoms with Crippen LogP contribution in [-0.4, -0.2) is 16.7 Å². The first-order valence-corrected chi connectivity index (χ1v) is 4.23. The van der Waals surface area contributed by atoms with Crippen LogP contribution in [0, 0.1) is 0 Å². The van der Waals surface area contributed by atoms with E-state index in [0.29, 0.717) is 5.82 Å². The third-order valence-electron chi connectivity index (χ3n) is 1.53. The maximum absolute atomic E-state index is 10.6. The molecule has 70 valence electrons. The van der Waals surface area contributed by atoms with Crippen molar-refractivity contribution < 1.29 is 0 Å². The summed E-state index contributed by atoms with van der Waals surface area (Å²) in [5, 5.41) is 9.23. The van der Waals surface area contributed by atoms with E-state index in [4.69, 9.17) is 0 Å². The molecule has 0 saturated carbocycles. The van der Waals surface area contributed by atoms with Crippen LogP contribution in [0.3, 0.4) is 0 Å². The summed E-state index contributed by atoms with van der Waals surface area (Å²) in [4.78, 5) is 10.6. The number of anilines is 1. The number of aromatic nitrogens is 2. The average Bonchev–Trinajstić information content (AvgIpc) is 2.15. The van der Waals surface area contributed by atoms with Gasteiger partial charge in [-0.2, -0.15) is 5.10 Å². The molecule has 1 aromatic heterocycles. The molecule has 0 radical (unpaired) electrons. The van der Waals surface area contributed by atoms with Gasteiger partial charge in [-0.05, 0) is 19.4 Å². The van der Waals surface area contributed by atoms with Gasteiger partial charge in [0, 0.05) is 12.6 Å². The number of hydrogen-bond acceptors (Lipinski definition) is 3. The van der Waals surface area contributed by atoms with Crippen LogP contribution in [0.2, 0.25) is 0 Å². The van der Waals surface area contributed by atoms with Crippen LogP contribution in [0.1, 0.15) is 13.3 Å². The van der Waals surface area contributed by atoms with Crippen molar-refractivity contribution in [2.75, 3.05) is 11.9 Å². The van der Waals surface area contributed by atoms with Gasteiger partial charge in [0.1, 0.15) is 5.82 Å². The monoisotopic (exact) mass is 179 g/mol. The van der Waals surface area contributed by atoms with E-state index in [1.807, 2.05) is 13.0 Å². The second-order valence-electron chi connectivity index (χ2n) is 2.59. The molecule has 0 fully saturated rings. The SMILES string of the molecule is C/C=C/CCNc1ccc(=O)[nH]n1. The fourth-order valence-electron chi connectivity index (χ4n) is 0.893. The van der Waals surface area contributed by atoms with Gasteiger partial charge >= 0.3 is 0 Å². The van der Waals surface area contributed by atoms with E-state index in [9.17, 15) is 4.79 Å². The highest BCUT2D eigenvalue weighted by molar-refractivity contribution is 5.31. The van der Waals surface area contributed by atoms with E-state index in [2.05, 4.69) is 21.6 Å². The number of hydrogen-bond donors (Lipinski definition) is 2. The van der Waals surface area contributed by atoms with Crippen molar-refractivity contribution in [3.63, 3.8) is 0 Å². The molecule has 2 N–H and O–H groups in total. The molecule has 0 unspecified atom stereocenters. The Hall–Kier alpha value is -1.58. The number of nitrogens with one attached hydrogen (secondary N) is 2. The summed E-state index contributed by atoms with van der Waals surface area (Å²) in [6.07, 6.45) is 5.03. The number of H-pyrrole nitrogens is 1. The Labute approximate surface area is 76.7 Å². The molecule has 0 bridgehead atoms. The zero-order chi connectivity index (χ0) is 9.52. The molecule has 0 aromatic carbocycles. The first kappa shape index (κ1) is 9.51. The van der Waals surface area contributed by atoms with Gasteiger partial charge in [0.25, 0.3) is 5.56 Å². The summed E-state index contributed by atoms with van der Waals surface area (Å²) in [5.41, 5.74) is -0.181. The van der Waals surface area contributed by atoms with Gasteiger partial charge in [-0.3, -0.25) is 4.79 Å². The van der Waals surface area contributed by atoms with Crippen molar-refractivity contribution in [3.05, 3.63) is 34.6 Å². The molecule has 0 spiro atoms. The molecule has 4 heteroatoms. The molecule has 1 aromatic rings. The number of rotatable bonds is 4. The average molecular weight is 179 g/mol. The minimum Gasteiger partial charge on any atom is -0.368 e. The lowest BCUT2D eigenvalue weighted by Crippen LogP contribution is -2.09. The quantitative estimate of drug-likeness (QED) is 0.538. The van der Waals surface area contributed by atoms with Crippen LogP contribution in [0.15, 0.2) is 29.1 Å². The van der Waals surface area contributed by atoms with Crippen molar-refractivity contribution in [3.8, 4) is 0 Å². The summed E-state index contributed by atoms with van der Waals surface area (Å²) < 4.78 is 0. The Morgan fingerprint density at radius 2 is 2.46 bits per heavy atom. The van der Waals surface area contributed by atoms with Crippen molar-refractivity contribution in [2.45, 2.75) is 13.3 Å². The Bertz CT molecular complexity index is 309. The lowest BCUT2D eigenvalue weighted by molar-refractivity contribution is 0.959. The van der Waals surface area contributed by atoms with Crippen LogP contribution < -0.4 is 10.9 Å². The molecule has 1 heterocycles. The zero-order valence-electron chi connectivity index (χ0n) is 7.58. The zero-order valence-corrected chi connectivity index (χ0v) is 7.58. The molecule has 0 aliphatic heterocycles. The lowest BCUT2D eigenvalue weighted by Gasteiger charge is -2.00. The second-order valence-corrected chi connectivity index (χ2v) is 2.59. The van der Waals surface area contributed by atoms with Gasteiger partial charge < -0.3 is 5.32 Å². The van der Waals surface area contributed by atoms with Gasteiger partial charge in [-0.1, -0.05) is 12.2 Å². The first-order valence-electron chi connectivity index (χ1n) is 4.23. The highest BCUT2D eigenvalue weighted by Gasteiger charge is 1.90. The van der Waals surface area contributed by atoms with Crippen molar-refractivity contribution in [1.82, 2.24) is 10.2 Å². The second kappa shape index (κ2) is 5.13. The minimum atomic E-state index is -0.181. The number of allylic oxidation sites excluding steroid dienone is 1. The van der Waals surface area contributed by atoms with Gasteiger partial charge in [0.15, 0.2) is 0 Å². The normalized spacial score (nSPS) is 10.5. The highest BCUT2D eigenvalue weighted by atomic mass is 16.1. The Kier molecular flexibility index (Phi) is 3.75. The van der Waals surface area contributed by atoms with Gasteiger partial charge in [0.05, 0.1) is 0 Å². The molecule has 0 aliphatic rings. The predicted molar refractivity (Wildman–Crippen MR) is 52.8 cm³/mol. The topological polar surface area (TPSA) is 57.8 Å². The van der Waals surface area contributed by atoms with Crippen LogP contribution in [0.4, 0.5) is 5.82 Å². The Balaban J connectivity index is 2.37. The summed E-state index contributed by atoms with van der Waals surface area (Å²) in [7, 11) is 0. The summed E-state index contributed by atoms with van der Waals surface area (Å²) >= 11 is 0. The molecule has 0 atom stereocenters. The van der Waals surface area contributed by atoms with E-state index in [1.165, 1.54) is 6.07 Å². The van der Waals surface area contributed by atoms with Gasteiger partial charge in [0.2, 0.25) is 0 Å². The Morgan fingerprint density at radius 3 is 3.08 bits per heavy atom.